The van der Waals surface area contributed by atoms with Gasteiger partial charge in [0.25, 0.3) is 0 Å². The van der Waals surface area contributed by atoms with Crippen LogP contribution in [0.2, 0.25) is 0 Å². The average molecular weight is 238 g/mol. The van der Waals surface area contributed by atoms with Crippen LogP contribution in [0.4, 0.5) is 0 Å². The SMILES string of the molecule is CC(C)Cc1cccc(-c2ccccc2C=O)c1. The molecule has 0 unspecified atom stereocenters. The first-order valence-corrected chi connectivity index (χ1v) is 6.34. The number of carbonyl (C=O) groups excluding carboxylic acids is 1. The molecule has 0 saturated heterocycles. The zero-order chi connectivity index (χ0) is 13.0. The van der Waals surface area contributed by atoms with Crippen LogP contribution in [0.5, 0.6) is 0 Å². The molecule has 0 N–H and O–H groups in total. The van der Waals surface area contributed by atoms with Crippen molar-refractivity contribution in [2.45, 2.75) is 20.3 Å². The van der Waals surface area contributed by atoms with E-state index in [0.29, 0.717) is 5.92 Å². The summed E-state index contributed by atoms with van der Waals surface area (Å²) in [5, 5.41) is 0. The van der Waals surface area contributed by atoms with Gasteiger partial charge >= 0.3 is 0 Å². The summed E-state index contributed by atoms with van der Waals surface area (Å²) in [5.41, 5.74) is 4.20. The predicted octanol–water partition coefficient (Wildman–Crippen LogP) is 4.36. The van der Waals surface area contributed by atoms with Gasteiger partial charge < -0.3 is 0 Å². The Hall–Kier alpha value is -1.89. The smallest absolute Gasteiger partial charge is 0.150 e. The molecule has 0 aromatic heterocycles. The van der Waals surface area contributed by atoms with Gasteiger partial charge in [-0.1, -0.05) is 62.4 Å². The second kappa shape index (κ2) is 5.63. The van der Waals surface area contributed by atoms with Crippen LogP contribution in [0.3, 0.4) is 0 Å². The average Bonchev–Trinajstić information content (AvgIpc) is 2.38. The molecule has 1 nitrogen and oxygen atoms in total. The van der Waals surface area contributed by atoms with E-state index < -0.39 is 0 Å². The minimum atomic E-state index is 0.640. The van der Waals surface area contributed by atoms with Gasteiger partial charge in [-0.3, -0.25) is 4.79 Å². The van der Waals surface area contributed by atoms with Crippen molar-refractivity contribution in [2.75, 3.05) is 0 Å². The lowest BCUT2D eigenvalue weighted by Crippen LogP contribution is -1.94. The van der Waals surface area contributed by atoms with Gasteiger partial charge in [-0.05, 0) is 29.0 Å². The molecule has 0 radical (unpaired) electrons. The number of carbonyl (C=O) groups is 1. The minimum Gasteiger partial charge on any atom is -0.298 e. The molecule has 0 saturated carbocycles. The third-order valence-corrected chi connectivity index (χ3v) is 2.97. The standard InChI is InChI=1S/C17H18O/c1-13(2)10-14-6-5-8-15(11-14)17-9-4-3-7-16(17)12-18/h3-9,11-13H,10H2,1-2H3. The van der Waals surface area contributed by atoms with Gasteiger partial charge in [0.05, 0.1) is 0 Å². The van der Waals surface area contributed by atoms with E-state index in [9.17, 15) is 4.79 Å². The second-order valence-corrected chi connectivity index (χ2v) is 5.00. The van der Waals surface area contributed by atoms with E-state index in [2.05, 4.69) is 38.1 Å². The van der Waals surface area contributed by atoms with Crippen molar-refractivity contribution in [1.29, 1.82) is 0 Å². The molecule has 0 spiro atoms. The van der Waals surface area contributed by atoms with Crippen LogP contribution in [0.25, 0.3) is 11.1 Å². The number of benzene rings is 2. The molecule has 18 heavy (non-hydrogen) atoms. The molecule has 1 heteroatoms. The lowest BCUT2D eigenvalue weighted by Gasteiger charge is -2.09. The fraction of sp³-hybridized carbons (Fsp3) is 0.235. The maximum atomic E-state index is 11.1. The van der Waals surface area contributed by atoms with E-state index in [4.69, 9.17) is 0 Å². The number of hydrogen-bond acceptors (Lipinski definition) is 1. The van der Waals surface area contributed by atoms with Gasteiger partial charge in [-0.2, -0.15) is 0 Å². The van der Waals surface area contributed by atoms with Crippen LogP contribution in [0.1, 0.15) is 29.8 Å². The molecular weight excluding hydrogens is 220 g/mol. The Morgan fingerprint density at radius 3 is 2.56 bits per heavy atom. The highest BCUT2D eigenvalue weighted by Gasteiger charge is 2.05. The third-order valence-electron chi connectivity index (χ3n) is 2.97. The third kappa shape index (κ3) is 2.86. The molecule has 0 heterocycles. The molecular formula is C17H18O. The van der Waals surface area contributed by atoms with E-state index in [1.165, 1.54) is 5.56 Å². The van der Waals surface area contributed by atoms with Crippen LogP contribution in [0, 0.1) is 5.92 Å². The van der Waals surface area contributed by atoms with Crippen LogP contribution in [-0.4, -0.2) is 6.29 Å². The Kier molecular flexibility index (Phi) is 3.93. The zero-order valence-corrected chi connectivity index (χ0v) is 10.9. The van der Waals surface area contributed by atoms with Gasteiger partial charge in [0.1, 0.15) is 0 Å². The van der Waals surface area contributed by atoms with Crippen LogP contribution in [0.15, 0.2) is 48.5 Å². The molecule has 0 aliphatic carbocycles. The van der Waals surface area contributed by atoms with E-state index in [1.54, 1.807) is 0 Å². The van der Waals surface area contributed by atoms with Crippen LogP contribution >= 0.6 is 0 Å². The van der Waals surface area contributed by atoms with Crippen molar-refractivity contribution in [2.24, 2.45) is 5.92 Å². The summed E-state index contributed by atoms with van der Waals surface area (Å²) in [6.45, 7) is 4.43. The fourth-order valence-electron chi connectivity index (χ4n) is 2.20. The van der Waals surface area contributed by atoms with Gasteiger partial charge in [0.15, 0.2) is 6.29 Å². The Morgan fingerprint density at radius 1 is 1.06 bits per heavy atom. The van der Waals surface area contributed by atoms with Crippen LogP contribution < -0.4 is 0 Å². The number of hydrogen-bond donors (Lipinski definition) is 0. The summed E-state index contributed by atoms with van der Waals surface area (Å²) in [7, 11) is 0. The molecule has 0 fully saturated rings. The van der Waals surface area contributed by atoms with Gasteiger partial charge in [0, 0.05) is 5.56 Å². The van der Waals surface area contributed by atoms with E-state index >= 15 is 0 Å². The number of rotatable bonds is 4. The predicted molar refractivity (Wildman–Crippen MR) is 75.8 cm³/mol. The van der Waals surface area contributed by atoms with Crippen molar-refractivity contribution >= 4 is 6.29 Å². The summed E-state index contributed by atoms with van der Waals surface area (Å²) in [4.78, 5) is 11.1. The van der Waals surface area contributed by atoms with E-state index in [-0.39, 0.29) is 0 Å². The van der Waals surface area contributed by atoms with Crippen molar-refractivity contribution in [1.82, 2.24) is 0 Å². The lowest BCUT2D eigenvalue weighted by molar-refractivity contribution is 0.112. The fourth-order valence-corrected chi connectivity index (χ4v) is 2.20. The normalized spacial score (nSPS) is 10.6. The van der Waals surface area contributed by atoms with E-state index in [1.807, 2.05) is 24.3 Å². The first-order valence-electron chi connectivity index (χ1n) is 6.34. The highest BCUT2D eigenvalue weighted by atomic mass is 16.1. The highest BCUT2D eigenvalue weighted by molar-refractivity contribution is 5.87. The van der Waals surface area contributed by atoms with Gasteiger partial charge in [0.2, 0.25) is 0 Å². The monoisotopic (exact) mass is 238 g/mol. The minimum absolute atomic E-state index is 0.640. The van der Waals surface area contributed by atoms with Crippen molar-refractivity contribution in [3.63, 3.8) is 0 Å². The van der Waals surface area contributed by atoms with Crippen LogP contribution in [-0.2, 0) is 6.42 Å². The first kappa shape index (κ1) is 12.6. The molecule has 2 rings (SSSR count). The molecule has 0 aliphatic rings. The Balaban J connectivity index is 2.41. The first-order chi connectivity index (χ1) is 8.70. The largest absolute Gasteiger partial charge is 0.298 e. The van der Waals surface area contributed by atoms with E-state index in [0.717, 1.165) is 29.4 Å². The lowest BCUT2D eigenvalue weighted by atomic mass is 9.96. The molecule has 0 atom stereocenters. The van der Waals surface area contributed by atoms with Crippen molar-refractivity contribution < 1.29 is 4.79 Å². The maximum Gasteiger partial charge on any atom is 0.150 e. The molecule has 0 aliphatic heterocycles. The topological polar surface area (TPSA) is 17.1 Å². The molecule has 92 valence electrons. The quantitative estimate of drug-likeness (QED) is 0.723. The second-order valence-electron chi connectivity index (χ2n) is 5.00. The van der Waals surface area contributed by atoms with Crippen molar-refractivity contribution in [3.05, 3.63) is 59.7 Å². The number of aldehydes is 1. The Bertz CT molecular complexity index is 541. The Labute approximate surface area is 108 Å². The molecule has 2 aromatic rings. The summed E-state index contributed by atoms with van der Waals surface area (Å²) >= 11 is 0. The summed E-state index contributed by atoms with van der Waals surface area (Å²) < 4.78 is 0. The maximum absolute atomic E-state index is 11.1. The zero-order valence-electron chi connectivity index (χ0n) is 10.9. The summed E-state index contributed by atoms with van der Waals surface area (Å²) in [5.74, 6) is 0.640. The summed E-state index contributed by atoms with van der Waals surface area (Å²) in [6.07, 6.45) is 1.99. The molecule has 0 amide bonds. The molecule has 2 aromatic carbocycles. The van der Waals surface area contributed by atoms with Gasteiger partial charge in [-0.25, -0.2) is 0 Å². The summed E-state index contributed by atoms with van der Waals surface area (Å²) in [6, 6.07) is 16.2. The van der Waals surface area contributed by atoms with Gasteiger partial charge in [-0.15, -0.1) is 0 Å². The molecule has 0 bridgehead atoms. The van der Waals surface area contributed by atoms with Crippen molar-refractivity contribution in [3.8, 4) is 11.1 Å². The Morgan fingerprint density at radius 2 is 1.83 bits per heavy atom. The highest BCUT2D eigenvalue weighted by Crippen LogP contribution is 2.24.